The summed E-state index contributed by atoms with van der Waals surface area (Å²) in [5.74, 6) is -7.04. The third kappa shape index (κ3) is 8.91. The maximum absolute atomic E-state index is 14.6. The Hall–Kier alpha value is -5.32. The van der Waals surface area contributed by atoms with Crippen molar-refractivity contribution in [3.63, 3.8) is 0 Å². The van der Waals surface area contributed by atoms with E-state index in [0.29, 0.717) is 5.69 Å². The molecule has 0 spiro atoms. The van der Waals surface area contributed by atoms with Crippen LogP contribution in [0.1, 0.15) is 71.3 Å². The number of aromatic hydroxyl groups is 2. The lowest BCUT2D eigenvalue weighted by molar-refractivity contribution is -0.160. The molecule has 9 unspecified atom stereocenters. The average Bonchev–Trinajstić information content (AvgIpc) is 3.48. The molecule has 0 aliphatic carbocycles. The summed E-state index contributed by atoms with van der Waals surface area (Å²) in [5.41, 5.74) is 0.730. The maximum atomic E-state index is 14.6. The molecule has 1 saturated heterocycles. The van der Waals surface area contributed by atoms with Gasteiger partial charge in [-0.1, -0.05) is 45.9 Å². The number of hydrogen-bond acceptors (Lipinski definition) is 14. The molecule has 6 rings (SSSR count). The van der Waals surface area contributed by atoms with Crippen LogP contribution in [0.15, 0.2) is 42.2 Å². The highest BCUT2D eigenvalue weighted by molar-refractivity contribution is 6.23. The maximum Gasteiger partial charge on any atom is 0.409 e. The first-order valence-corrected chi connectivity index (χ1v) is 20.3. The third-order valence-corrected chi connectivity index (χ3v) is 12.0. The number of nitrogens with zero attached hydrogens (tertiary/aromatic N) is 2. The number of methoxy groups -OCH3 is 1. The lowest BCUT2D eigenvalue weighted by Crippen LogP contribution is -2.49. The van der Waals surface area contributed by atoms with Crippen molar-refractivity contribution in [3.05, 3.63) is 53.3 Å². The van der Waals surface area contributed by atoms with E-state index in [1.807, 2.05) is 4.90 Å². The molecule has 2 aromatic rings. The normalized spacial score (nSPS) is 29.2. The van der Waals surface area contributed by atoms with Crippen LogP contribution in [-0.4, -0.2) is 119 Å². The molecule has 328 valence electrons. The molecule has 5 bridgehead atoms. The molecule has 9 atom stereocenters. The number of piperazine rings is 1. The van der Waals surface area contributed by atoms with Crippen LogP contribution in [0.2, 0.25) is 0 Å². The van der Waals surface area contributed by atoms with Gasteiger partial charge in [0.1, 0.15) is 17.6 Å². The van der Waals surface area contributed by atoms with Crippen molar-refractivity contribution in [3.8, 4) is 17.2 Å². The highest BCUT2D eigenvalue weighted by atomic mass is 16.7. The fraction of sp³-hybridized carbons (Fsp3) is 0.545. The van der Waals surface area contributed by atoms with Crippen molar-refractivity contribution in [2.75, 3.05) is 50.1 Å². The van der Waals surface area contributed by atoms with E-state index in [-0.39, 0.29) is 77.4 Å². The van der Waals surface area contributed by atoms with Gasteiger partial charge < -0.3 is 59.2 Å². The first-order chi connectivity index (χ1) is 28.3. The summed E-state index contributed by atoms with van der Waals surface area (Å²) in [7, 11) is 1.45. The number of ether oxygens (including phenoxy) is 5. The van der Waals surface area contributed by atoms with Crippen molar-refractivity contribution < 1.29 is 63.3 Å². The Morgan fingerprint density at radius 2 is 1.62 bits per heavy atom. The van der Waals surface area contributed by atoms with Crippen LogP contribution in [0.3, 0.4) is 0 Å². The molecule has 16 heteroatoms. The summed E-state index contributed by atoms with van der Waals surface area (Å²) < 4.78 is 29.1. The van der Waals surface area contributed by atoms with Gasteiger partial charge in [0, 0.05) is 93.0 Å². The number of benzene rings is 2. The first-order valence-electron chi connectivity index (χ1n) is 20.3. The van der Waals surface area contributed by atoms with Gasteiger partial charge in [0.25, 0.3) is 11.7 Å². The number of nitrogens with one attached hydrogen (secondary N) is 1. The van der Waals surface area contributed by atoms with Gasteiger partial charge in [-0.15, -0.1) is 0 Å². The van der Waals surface area contributed by atoms with Crippen LogP contribution in [0, 0.1) is 30.6 Å². The average molecular weight is 838 g/mol. The Morgan fingerprint density at radius 1 is 0.950 bits per heavy atom. The Morgan fingerprint density at radius 3 is 2.23 bits per heavy atom. The van der Waals surface area contributed by atoms with E-state index < -0.39 is 83.4 Å². The van der Waals surface area contributed by atoms with E-state index in [9.17, 15) is 39.6 Å². The summed E-state index contributed by atoms with van der Waals surface area (Å²) in [6.07, 6.45) is 3.33. The summed E-state index contributed by atoms with van der Waals surface area (Å²) in [6, 6.07) is 1.52. The Balaban J connectivity index is 1.68. The largest absolute Gasteiger partial charge is 0.507 e. The van der Waals surface area contributed by atoms with Crippen LogP contribution < -0.4 is 15.0 Å². The van der Waals surface area contributed by atoms with Gasteiger partial charge in [0.05, 0.1) is 47.8 Å². The van der Waals surface area contributed by atoms with Crippen molar-refractivity contribution in [2.45, 2.75) is 92.5 Å². The number of Topliss-reactive ketones (excluding diaryl/α,β-unsaturated/α-hetero) is 1. The van der Waals surface area contributed by atoms with E-state index in [2.05, 4.69) is 5.32 Å². The highest BCUT2D eigenvalue weighted by Crippen LogP contribution is 2.54. The topological polar surface area (TPSA) is 214 Å². The predicted molar refractivity (Wildman–Crippen MR) is 223 cm³/mol. The summed E-state index contributed by atoms with van der Waals surface area (Å²) >= 11 is 0. The monoisotopic (exact) mass is 837 g/mol. The van der Waals surface area contributed by atoms with Crippen molar-refractivity contribution in [1.29, 1.82) is 0 Å². The number of fused-ring (bicyclic) bond motifs is 14. The molecular formula is C44H59N3O13. The van der Waals surface area contributed by atoms with Crippen molar-refractivity contribution in [1.82, 2.24) is 4.90 Å². The minimum atomic E-state index is -1.97. The van der Waals surface area contributed by atoms with E-state index in [4.69, 9.17) is 23.7 Å². The number of anilines is 2. The number of amides is 2. The second kappa shape index (κ2) is 18.5. The number of allylic oxidation sites excluding steroid dienone is 2. The number of ketones is 1. The van der Waals surface area contributed by atoms with Crippen molar-refractivity contribution >= 4 is 45.9 Å². The standard InChI is InChI=1S/C44H59N3O13/c1-11-57-43(55)47-18-16-46(17-19-47)30-21-29-38(52)33-32(30)34-40(27(7)37(33)51)60-44(9,41(34)53)58-20-15-31(56-10)24(4)39(59-28(8)48)26(6)36(50)25(5)35(49)22(2)13-12-14-23(3)42(54)45-29/h12-15,20-22,24-26,31,35-36,39,49-52H,11,16-19H2,1-10H3,(H,45,54). The number of hydrogen-bond donors (Lipinski definition) is 5. The summed E-state index contributed by atoms with van der Waals surface area (Å²) in [5, 5.41) is 49.3. The summed E-state index contributed by atoms with van der Waals surface area (Å²) in [6.45, 7) is 15.7. The Labute approximate surface area is 350 Å². The van der Waals surface area contributed by atoms with E-state index in [0.717, 1.165) is 0 Å². The smallest absolute Gasteiger partial charge is 0.409 e. The van der Waals surface area contributed by atoms with E-state index in [1.165, 1.54) is 52.4 Å². The fourth-order valence-electron chi connectivity index (χ4n) is 8.24. The Kier molecular flexibility index (Phi) is 14.1. The van der Waals surface area contributed by atoms with Crippen LogP contribution >= 0.6 is 0 Å². The molecule has 4 aliphatic rings. The molecule has 2 amide bonds. The zero-order chi connectivity index (χ0) is 44.4. The zero-order valence-electron chi connectivity index (χ0n) is 36.0. The van der Waals surface area contributed by atoms with Crippen LogP contribution in [-0.2, 0) is 28.5 Å². The van der Waals surface area contributed by atoms with Crippen LogP contribution in [0.5, 0.6) is 17.2 Å². The minimum absolute atomic E-state index is 0.0273. The van der Waals surface area contributed by atoms with Crippen molar-refractivity contribution in [2.24, 2.45) is 23.7 Å². The van der Waals surface area contributed by atoms with Gasteiger partial charge >= 0.3 is 17.8 Å². The van der Waals surface area contributed by atoms with Gasteiger partial charge in [-0.05, 0) is 32.9 Å². The van der Waals surface area contributed by atoms with E-state index in [1.54, 1.807) is 58.6 Å². The number of phenolic OH excluding ortho intramolecular Hbond substituents is 2. The molecule has 4 aliphatic heterocycles. The number of phenols is 2. The lowest BCUT2D eigenvalue weighted by Gasteiger charge is -2.38. The van der Waals surface area contributed by atoms with Gasteiger partial charge in [0.2, 0.25) is 0 Å². The minimum Gasteiger partial charge on any atom is -0.507 e. The molecule has 16 nitrogen and oxygen atoms in total. The molecule has 60 heavy (non-hydrogen) atoms. The van der Waals surface area contributed by atoms with Gasteiger partial charge in [0.15, 0.2) is 5.75 Å². The number of carbonyl (C=O) groups excluding carboxylic acids is 4. The number of aliphatic hydroxyl groups excluding tert-OH is 2. The molecule has 4 heterocycles. The molecular weight excluding hydrogens is 778 g/mol. The van der Waals surface area contributed by atoms with Gasteiger partial charge in [-0.25, -0.2) is 4.79 Å². The first kappa shape index (κ1) is 45.8. The highest BCUT2D eigenvalue weighted by Gasteiger charge is 2.50. The third-order valence-electron chi connectivity index (χ3n) is 12.0. The number of esters is 1. The number of carbonyl (C=O) groups is 4. The summed E-state index contributed by atoms with van der Waals surface area (Å²) in [4.78, 5) is 56.7. The van der Waals surface area contributed by atoms with E-state index >= 15 is 0 Å². The quantitative estimate of drug-likeness (QED) is 0.195. The molecule has 1 fully saturated rings. The molecule has 0 aromatic heterocycles. The molecule has 0 radical (unpaired) electrons. The number of rotatable bonds is 4. The lowest BCUT2D eigenvalue weighted by atomic mass is 9.78. The zero-order valence-corrected chi connectivity index (χ0v) is 36.0. The van der Waals surface area contributed by atoms with Crippen LogP contribution in [0.4, 0.5) is 16.2 Å². The Bertz CT molecular complexity index is 2070. The number of aliphatic hydroxyl groups is 2. The second-order valence-electron chi connectivity index (χ2n) is 16.1. The SMILES string of the molecule is CCOC(=O)N1CCN(c2cc3c(O)c4c(O)c(C)c5c(c24)C(=O)C(C)(OC=CC(OC)C(C)C(OC(C)=O)C(C)C(O)C(C)C(O)C(C)C=CC=C(C)C(=O)N3)O5)CC1. The van der Waals surface area contributed by atoms with Gasteiger partial charge in [-0.3, -0.25) is 14.4 Å². The molecule has 2 aromatic carbocycles. The van der Waals surface area contributed by atoms with Gasteiger partial charge in [-0.2, -0.15) is 0 Å². The molecule has 5 N–H and O–H groups in total. The fourth-order valence-corrected chi connectivity index (χ4v) is 8.24. The predicted octanol–water partition coefficient (Wildman–Crippen LogP) is 5.33. The van der Waals surface area contributed by atoms with Crippen LogP contribution in [0.25, 0.3) is 10.8 Å². The second-order valence-corrected chi connectivity index (χ2v) is 16.1. The molecule has 0 saturated carbocycles.